The second-order valence-electron chi connectivity index (χ2n) is 6.53. The fourth-order valence-corrected chi connectivity index (χ4v) is 2.94. The Labute approximate surface area is 157 Å². The topological polar surface area (TPSA) is 0 Å². The molecule has 0 bridgehead atoms. The van der Waals surface area contributed by atoms with Gasteiger partial charge in [-0.2, -0.15) is 0 Å². The van der Waals surface area contributed by atoms with Crippen LogP contribution in [-0.4, -0.2) is 0 Å². The quantitative estimate of drug-likeness (QED) is 0.418. The highest BCUT2D eigenvalue weighted by molar-refractivity contribution is 5.73. The largest absolute Gasteiger partial charge is 0.0614 e. The molecule has 0 aliphatic heterocycles. The van der Waals surface area contributed by atoms with E-state index in [0.717, 1.165) is 12.8 Å². The zero-order valence-corrected chi connectivity index (χ0v) is 15.7. The fourth-order valence-electron chi connectivity index (χ4n) is 2.94. The normalized spacial score (nSPS) is 11.5. The molecule has 0 heterocycles. The van der Waals surface area contributed by atoms with Crippen LogP contribution in [0.3, 0.4) is 0 Å². The van der Waals surface area contributed by atoms with E-state index in [2.05, 4.69) is 111 Å². The summed E-state index contributed by atoms with van der Waals surface area (Å²) in [6, 6.07) is 26.1. The lowest BCUT2D eigenvalue weighted by Crippen LogP contribution is -1.81. The van der Waals surface area contributed by atoms with E-state index in [1.807, 2.05) is 0 Å². The van der Waals surface area contributed by atoms with Gasteiger partial charge in [0.15, 0.2) is 0 Å². The van der Waals surface area contributed by atoms with Crippen LogP contribution in [-0.2, 0) is 12.8 Å². The highest BCUT2D eigenvalue weighted by atomic mass is 14.0. The molecule has 0 aliphatic carbocycles. The Hall–Kier alpha value is -2.86. The summed E-state index contributed by atoms with van der Waals surface area (Å²) in [5, 5.41) is 0. The molecule has 0 aliphatic rings. The summed E-state index contributed by atoms with van der Waals surface area (Å²) in [6.45, 7) is 4.38. The molecule has 0 saturated heterocycles. The Morgan fingerprint density at radius 1 is 0.500 bits per heavy atom. The standard InChI is InChI=1S/C26H26/c1-3-21-7-5-9-25(19-21)17-15-23-11-13-24(14-12-23)16-18-26-10-6-8-22(4-2)20-26/h5-20H,3-4H2,1-2H3/b17-15+,18-16+. The van der Waals surface area contributed by atoms with Gasteiger partial charge >= 0.3 is 0 Å². The molecule has 0 nitrogen and oxygen atoms in total. The smallest absolute Gasteiger partial charge is 0.0254 e. The molecule has 0 saturated carbocycles. The zero-order chi connectivity index (χ0) is 18.2. The molecule has 0 unspecified atom stereocenters. The third-order valence-electron chi connectivity index (χ3n) is 4.59. The average Bonchev–Trinajstić information content (AvgIpc) is 2.72. The Kier molecular flexibility index (Phi) is 6.22. The van der Waals surface area contributed by atoms with Crippen LogP contribution in [0.15, 0.2) is 72.8 Å². The van der Waals surface area contributed by atoms with Crippen LogP contribution >= 0.6 is 0 Å². The first kappa shape index (κ1) is 17.9. The maximum absolute atomic E-state index is 2.25. The Balaban J connectivity index is 1.67. The summed E-state index contributed by atoms with van der Waals surface area (Å²) in [4.78, 5) is 0. The minimum absolute atomic E-state index is 1.07. The molecule has 0 atom stereocenters. The molecule has 3 rings (SSSR count). The van der Waals surface area contributed by atoms with Gasteiger partial charge in [-0.05, 0) is 46.2 Å². The average molecular weight is 338 g/mol. The van der Waals surface area contributed by atoms with Crippen molar-refractivity contribution < 1.29 is 0 Å². The predicted octanol–water partition coefficient (Wildman–Crippen LogP) is 7.15. The second kappa shape index (κ2) is 9.01. The molecular formula is C26H26. The van der Waals surface area contributed by atoms with E-state index < -0.39 is 0 Å². The van der Waals surface area contributed by atoms with Gasteiger partial charge in [-0.1, -0.05) is 111 Å². The van der Waals surface area contributed by atoms with Crippen LogP contribution in [0.4, 0.5) is 0 Å². The molecule has 0 aromatic heterocycles. The molecule has 0 N–H and O–H groups in total. The SMILES string of the molecule is CCc1cccc(/C=C/c2ccc(/C=C/c3cccc(CC)c3)cc2)c1. The highest BCUT2D eigenvalue weighted by Gasteiger charge is 1.93. The third kappa shape index (κ3) is 5.07. The number of hydrogen-bond acceptors (Lipinski definition) is 0. The maximum atomic E-state index is 2.25. The van der Waals surface area contributed by atoms with E-state index in [4.69, 9.17) is 0 Å². The van der Waals surface area contributed by atoms with Gasteiger partial charge in [-0.25, -0.2) is 0 Å². The molecule has 0 radical (unpaired) electrons. The first-order valence-corrected chi connectivity index (χ1v) is 9.41. The molecule has 0 heteroatoms. The van der Waals surface area contributed by atoms with Gasteiger partial charge in [-0.15, -0.1) is 0 Å². The second-order valence-corrected chi connectivity index (χ2v) is 6.53. The third-order valence-corrected chi connectivity index (χ3v) is 4.59. The Morgan fingerprint density at radius 2 is 0.885 bits per heavy atom. The van der Waals surface area contributed by atoms with Gasteiger partial charge < -0.3 is 0 Å². The molecule has 3 aromatic carbocycles. The molecule has 0 amide bonds. The van der Waals surface area contributed by atoms with Crippen molar-refractivity contribution in [3.8, 4) is 0 Å². The monoisotopic (exact) mass is 338 g/mol. The lowest BCUT2D eigenvalue weighted by atomic mass is 10.1. The summed E-state index contributed by atoms with van der Waals surface area (Å²) in [5.74, 6) is 0. The molecule has 130 valence electrons. The minimum atomic E-state index is 1.07. The van der Waals surface area contributed by atoms with Crippen molar-refractivity contribution in [3.05, 3.63) is 106 Å². The van der Waals surface area contributed by atoms with Crippen molar-refractivity contribution in [1.29, 1.82) is 0 Å². The van der Waals surface area contributed by atoms with E-state index in [1.165, 1.54) is 33.4 Å². The first-order valence-electron chi connectivity index (χ1n) is 9.41. The summed E-state index contributed by atoms with van der Waals surface area (Å²) in [7, 11) is 0. The maximum Gasteiger partial charge on any atom is -0.0254 e. The number of hydrogen-bond donors (Lipinski definition) is 0. The summed E-state index contributed by atoms with van der Waals surface area (Å²) < 4.78 is 0. The van der Waals surface area contributed by atoms with Gasteiger partial charge in [0.25, 0.3) is 0 Å². The van der Waals surface area contributed by atoms with Crippen molar-refractivity contribution >= 4 is 24.3 Å². The van der Waals surface area contributed by atoms with Gasteiger partial charge in [0.05, 0.1) is 0 Å². The van der Waals surface area contributed by atoms with E-state index in [-0.39, 0.29) is 0 Å². The Morgan fingerprint density at radius 3 is 1.27 bits per heavy atom. The van der Waals surface area contributed by atoms with Crippen LogP contribution in [0.2, 0.25) is 0 Å². The minimum Gasteiger partial charge on any atom is -0.0614 e. The van der Waals surface area contributed by atoms with E-state index in [1.54, 1.807) is 0 Å². The molecule has 3 aromatic rings. The van der Waals surface area contributed by atoms with Crippen LogP contribution in [0.25, 0.3) is 24.3 Å². The number of aryl methyl sites for hydroxylation is 2. The van der Waals surface area contributed by atoms with Crippen molar-refractivity contribution in [2.45, 2.75) is 26.7 Å². The van der Waals surface area contributed by atoms with E-state index >= 15 is 0 Å². The lowest BCUT2D eigenvalue weighted by Gasteiger charge is -2.00. The van der Waals surface area contributed by atoms with E-state index in [9.17, 15) is 0 Å². The van der Waals surface area contributed by atoms with Crippen LogP contribution < -0.4 is 0 Å². The number of benzene rings is 3. The van der Waals surface area contributed by atoms with Crippen molar-refractivity contribution in [2.75, 3.05) is 0 Å². The first-order chi connectivity index (χ1) is 12.8. The fraction of sp³-hybridized carbons (Fsp3) is 0.154. The van der Waals surface area contributed by atoms with Crippen molar-refractivity contribution in [3.63, 3.8) is 0 Å². The number of rotatable bonds is 6. The van der Waals surface area contributed by atoms with Gasteiger partial charge in [0.1, 0.15) is 0 Å². The van der Waals surface area contributed by atoms with Crippen LogP contribution in [0.5, 0.6) is 0 Å². The highest BCUT2D eigenvalue weighted by Crippen LogP contribution is 2.14. The van der Waals surface area contributed by atoms with Crippen molar-refractivity contribution in [1.82, 2.24) is 0 Å². The molecule has 0 fully saturated rings. The van der Waals surface area contributed by atoms with Gasteiger partial charge in [0.2, 0.25) is 0 Å². The van der Waals surface area contributed by atoms with Crippen LogP contribution in [0, 0.1) is 0 Å². The summed E-state index contributed by atoms with van der Waals surface area (Å²) in [5.41, 5.74) is 7.70. The molecule has 26 heavy (non-hydrogen) atoms. The van der Waals surface area contributed by atoms with Gasteiger partial charge in [0, 0.05) is 0 Å². The van der Waals surface area contributed by atoms with Gasteiger partial charge in [-0.3, -0.25) is 0 Å². The lowest BCUT2D eigenvalue weighted by molar-refractivity contribution is 1.14. The van der Waals surface area contributed by atoms with E-state index in [0.29, 0.717) is 0 Å². The zero-order valence-electron chi connectivity index (χ0n) is 15.7. The summed E-state index contributed by atoms with van der Waals surface area (Å²) >= 11 is 0. The molecule has 0 spiro atoms. The van der Waals surface area contributed by atoms with Crippen LogP contribution in [0.1, 0.15) is 47.2 Å². The Bertz CT molecular complexity index is 819. The molecular weight excluding hydrogens is 312 g/mol. The van der Waals surface area contributed by atoms with Crippen molar-refractivity contribution in [2.24, 2.45) is 0 Å². The summed E-state index contributed by atoms with van der Waals surface area (Å²) in [6.07, 6.45) is 10.9. The predicted molar refractivity (Wildman–Crippen MR) is 116 cm³/mol.